The Kier molecular flexibility index (Phi) is 6.93. The molecule has 2 aromatic rings. The summed E-state index contributed by atoms with van der Waals surface area (Å²) in [6.45, 7) is 1.02. The van der Waals surface area contributed by atoms with E-state index in [1.165, 1.54) is 0 Å². The van der Waals surface area contributed by atoms with Gasteiger partial charge in [-0.3, -0.25) is 4.79 Å². The number of hydrogen-bond donors (Lipinski definition) is 1. The fourth-order valence-corrected chi connectivity index (χ4v) is 3.73. The van der Waals surface area contributed by atoms with E-state index in [1.54, 1.807) is 12.0 Å². The van der Waals surface area contributed by atoms with Crippen LogP contribution in [0.2, 0.25) is 0 Å². The summed E-state index contributed by atoms with van der Waals surface area (Å²) < 4.78 is 11.4. The lowest BCUT2D eigenvalue weighted by Gasteiger charge is -2.22. The van der Waals surface area contributed by atoms with Gasteiger partial charge in [-0.25, -0.2) is 0 Å². The van der Waals surface area contributed by atoms with Crippen molar-refractivity contribution in [1.82, 2.24) is 4.90 Å². The summed E-state index contributed by atoms with van der Waals surface area (Å²) in [7, 11) is 3.47. The molecule has 0 unspecified atom stereocenters. The lowest BCUT2D eigenvalue weighted by molar-refractivity contribution is -0.131. The van der Waals surface area contributed by atoms with Crippen LogP contribution in [0.25, 0.3) is 0 Å². The number of ether oxygens (including phenoxy) is 2. The van der Waals surface area contributed by atoms with Crippen molar-refractivity contribution in [3.05, 3.63) is 59.7 Å². The Hall–Kier alpha value is -2.53. The molecular formula is C23H30N2O3. The second-order valence-corrected chi connectivity index (χ2v) is 7.57. The number of benzene rings is 2. The molecule has 0 bridgehead atoms. The molecule has 2 N–H and O–H groups in total. The van der Waals surface area contributed by atoms with Gasteiger partial charge in [-0.1, -0.05) is 42.8 Å². The van der Waals surface area contributed by atoms with Crippen LogP contribution in [0, 0.1) is 5.92 Å². The highest BCUT2D eigenvalue weighted by Gasteiger charge is 2.27. The van der Waals surface area contributed by atoms with E-state index in [2.05, 4.69) is 0 Å². The topological polar surface area (TPSA) is 64.8 Å². The second kappa shape index (κ2) is 9.60. The number of nitrogens with two attached hydrogens (primary N) is 1. The fourth-order valence-electron chi connectivity index (χ4n) is 3.73. The van der Waals surface area contributed by atoms with Gasteiger partial charge in [-0.15, -0.1) is 0 Å². The number of hydrogen-bond acceptors (Lipinski definition) is 4. The summed E-state index contributed by atoms with van der Waals surface area (Å²) in [5.74, 6) is 1.83. The van der Waals surface area contributed by atoms with Gasteiger partial charge in [0.25, 0.3) is 0 Å². The Morgan fingerprint density at radius 1 is 1.11 bits per heavy atom. The first-order valence-corrected chi connectivity index (χ1v) is 9.90. The maximum absolute atomic E-state index is 12.5. The largest absolute Gasteiger partial charge is 0.493 e. The van der Waals surface area contributed by atoms with Crippen LogP contribution >= 0.6 is 0 Å². The first kappa shape index (κ1) is 20.2. The van der Waals surface area contributed by atoms with Crippen LogP contribution in [0.5, 0.6) is 11.5 Å². The summed E-state index contributed by atoms with van der Waals surface area (Å²) in [4.78, 5) is 14.3. The molecule has 150 valence electrons. The van der Waals surface area contributed by atoms with E-state index < -0.39 is 0 Å². The van der Waals surface area contributed by atoms with E-state index in [0.29, 0.717) is 37.0 Å². The highest BCUT2D eigenvalue weighted by molar-refractivity contribution is 5.76. The van der Waals surface area contributed by atoms with Crippen LogP contribution in [0.3, 0.4) is 0 Å². The minimum Gasteiger partial charge on any atom is -0.493 e. The summed E-state index contributed by atoms with van der Waals surface area (Å²) in [6, 6.07) is 16.0. The SMILES string of the molecule is COc1cc(CN(C)C(=O)C[C@@H]2CCC[C@H]2N)ccc1OCc1ccccc1. The summed E-state index contributed by atoms with van der Waals surface area (Å²) in [6.07, 6.45) is 3.75. The zero-order valence-electron chi connectivity index (χ0n) is 16.8. The lowest BCUT2D eigenvalue weighted by Crippen LogP contribution is -2.32. The van der Waals surface area contributed by atoms with Gasteiger partial charge in [0.2, 0.25) is 5.91 Å². The highest BCUT2D eigenvalue weighted by Crippen LogP contribution is 2.30. The molecule has 2 atom stereocenters. The van der Waals surface area contributed by atoms with Crippen molar-refractivity contribution in [1.29, 1.82) is 0 Å². The quantitative estimate of drug-likeness (QED) is 0.755. The van der Waals surface area contributed by atoms with Crippen LogP contribution in [0.4, 0.5) is 0 Å². The Balaban J connectivity index is 1.58. The molecule has 0 spiro atoms. The monoisotopic (exact) mass is 382 g/mol. The third-order valence-corrected chi connectivity index (χ3v) is 5.47. The van der Waals surface area contributed by atoms with Crippen molar-refractivity contribution >= 4 is 5.91 Å². The van der Waals surface area contributed by atoms with Gasteiger partial charge in [-0.2, -0.15) is 0 Å². The lowest BCUT2D eigenvalue weighted by atomic mass is 9.99. The number of carbonyl (C=O) groups excluding carboxylic acids is 1. The first-order chi connectivity index (χ1) is 13.6. The number of carbonyl (C=O) groups is 1. The Morgan fingerprint density at radius 3 is 2.57 bits per heavy atom. The molecule has 3 rings (SSSR count). The minimum atomic E-state index is 0.144. The van der Waals surface area contributed by atoms with Crippen molar-refractivity contribution in [2.24, 2.45) is 11.7 Å². The van der Waals surface area contributed by atoms with Crippen LogP contribution in [-0.2, 0) is 17.9 Å². The van der Waals surface area contributed by atoms with Crippen molar-refractivity contribution in [2.75, 3.05) is 14.2 Å². The molecule has 1 saturated carbocycles. The van der Waals surface area contributed by atoms with Crippen molar-refractivity contribution in [3.8, 4) is 11.5 Å². The molecule has 0 saturated heterocycles. The van der Waals surface area contributed by atoms with E-state index in [-0.39, 0.29) is 11.9 Å². The Bertz CT molecular complexity index is 779. The Labute approximate surface area is 167 Å². The maximum Gasteiger partial charge on any atom is 0.222 e. The van der Waals surface area contributed by atoms with Gasteiger partial charge in [-0.05, 0) is 42.0 Å². The average molecular weight is 383 g/mol. The highest BCUT2D eigenvalue weighted by atomic mass is 16.5. The van der Waals surface area contributed by atoms with E-state index >= 15 is 0 Å². The van der Waals surface area contributed by atoms with Crippen molar-refractivity contribution in [2.45, 2.75) is 44.9 Å². The van der Waals surface area contributed by atoms with Gasteiger partial charge in [0.15, 0.2) is 11.5 Å². The maximum atomic E-state index is 12.5. The summed E-state index contributed by atoms with van der Waals surface area (Å²) >= 11 is 0. The number of nitrogens with zero attached hydrogens (tertiary/aromatic N) is 1. The van der Waals surface area contributed by atoms with Crippen molar-refractivity contribution < 1.29 is 14.3 Å². The first-order valence-electron chi connectivity index (χ1n) is 9.90. The zero-order chi connectivity index (χ0) is 19.9. The molecule has 1 aliphatic carbocycles. The van der Waals surface area contributed by atoms with Crippen LogP contribution < -0.4 is 15.2 Å². The van der Waals surface area contributed by atoms with Crippen LogP contribution in [0.1, 0.15) is 36.8 Å². The molecule has 1 amide bonds. The van der Waals surface area contributed by atoms with Crippen LogP contribution in [0.15, 0.2) is 48.5 Å². The number of rotatable bonds is 8. The molecule has 1 aliphatic rings. The second-order valence-electron chi connectivity index (χ2n) is 7.57. The van der Waals surface area contributed by atoms with Gasteiger partial charge in [0, 0.05) is 26.1 Å². The molecule has 2 aromatic carbocycles. The standard InChI is InChI=1S/C23H30N2O3/c1-25(23(26)14-19-9-6-10-20(19)24)15-18-11-12-21(22(13-18)27-2)28-16-17-7-4-3-5-8-17/h3-5,7-8,11-13,19-20H,6,9-10,14-16,24H2,1-2H3/t19-,20+/m0/s1. The van der Waals surface area contributed by atoms with E-state index in [1.807, 2.05) is 55.6 Å². The predicted molar refractivity (Wildman–Crippen MR) is 110 cm³/mol. The third-order valence-electron chi connectivity index (χ3n) is 5.47. The number of amides is 1. The molecule has 0 radical (unpaired) electrons. The van der Waals surface area contributed by atoms with Gasteiger partial charge >= 0.3 is 0 Å². The molecule has 0 aliphatic heterocycles. The van der Waals surface area contributed by atoms with Crippen molar-refractivity contribution in [3.63, 3.8) is 0 Å². The molecule has 1 fully saturated rings. The molecule has 0 aromatic heterocycles. The van der Waals surface area contributed by atoms with Gasteiger partial charge < -0.3 is 20.1 Å². The summed E-state index contributed by atoms with van der Waals surface area (Å²) in [5.41, 5.74) is 8.21. The van der Waals surface area contributed by atoms with E-state index in [0.717, 1.165) is 30.4 Å². The van der Waals surface area contributed by atoms with E-state index in [4.69, 9.17) is 15.2 Å². The predicted octanol–water partition coefficient (Wildman–Crippen LogP) is 3.75. The molecule has 0 heterocycles. The van der Waals surface area contributed by atoms with E-state index in [9.17, 15) is 4.79 Å². The molecule has 28 heavy (non-hydrogen) atoms. The normalized spacial score (nSPS) is 18.7. The third kappa shape index (κ3) is 5.26. The average Bonchev–Trinajstić information content (AvgIpc) is 3.12. The Morgan fingerprint density at radius 2 is 1.89 bits per heavy atom. The van der Waals surface area contributed by atoms with Gasteiger partial charge in [0.05, 0.1) is 7.11 Å². The number of methoxy groups -OCH3 is 1. The molecule has 5 heteroatoms. The van der Waals surface area contributed by atoms with Crippen LogP contribution in [-0.4, -0.2) is 31.0 Å². The van der Waals surface area contributed by atoms with Gasteiger partial charge in [0.1, 0.15) is 6.61 Å². The summed E-state index contributed by atoms with van der Waals surface area (Å²) in [5, 5.41) is 0. The minimum absolute atomic E-state index is 0.144. The molecule has 5 nitrogen and oxygen atoms in total. The smallest absolute Gasteiger partial charge is 0.222 e. The fraction of sp³-hybridized carbons (Fsp3) is 0.435. The molecular weight excluding hydrogens is 352 g/mol. The zero-order valence-corrected chi connectivity index (χ0v) is 16.8.